The molecular formula is C26H30ClFN6O8. The molecule has 1 aliphatic rings. The quantitative estimate of drug-likeness (QED) is 0.164. The maximum Gasteiger partial charge on any atom is 0.411 e. The highest BCUT2D eigenvalue weighted by atomic mass is 35.5. The maximum atomic E-state index is 15.3. The van der Waals surface area contributed by atoms with Crippen LogP contribution >= 0.6 is 11.6 Å². The third-order valence-corrected chi connectivity index (χ3v) is 6.75. The lowest BCUT2D eigenvalue weighted by Crippen LogP contribution is -2.52. The number of Topliss-reactive ketones (excluding diaryl/α,β-unsaturated/α-hetero) is 1. The summed E-state index contributed by atoms with van der Waals surface area (Å²) in [7, 11) is 0. The van der Waals surface area contributed by atoms with Crippen molar-refractivity contribution in [3.8, 4) is 0 Å². The molecule has 0 spiro atoms. The average Bonchev–Trinajstić information content (AvgIpc) is 3.48. The van der Waals surface area contributed by atoms with Crippen LogP contribution in [0.3, 0.4) is 0 Å². The molecule has 1 fully saturated rings. The first-order chi connectivity index (χ1) is 20.0. The normalized spacial score (nSPS) is 21.6. The lowest BCUT2D eigenvalue weighted by atomic mass is 9.90. The molecule has 0 saturated carbocycles. The number of carbonyl (C=O) groups excluding carboxylic acids is 3. The molecule has 1 aromatic carbocycles. The molecule has 16 heteroatoms. The van der Waals surface area contributed by atoms with Crippen LogP contribution < -0.4 is 11.1 Å². The number of aliphatic hydroxyl groups excluding tert-OH is 1. The molecule has 0 radical (unpaired) electrons. The number of carbonyl (C=O) groups is 3. The number of nitrogen functional groups attached to an aromatic ring is 1. The van der Waals surface area contributed by atoms with Crippen molar-refractivity contribution in [1.29, 1.82) is 0 Å². The van der Waals surface area contributed by atoms with E-state index in [0.29, 0.717) is 11.3 Å². The number of imidazole rings is 1. The van der Waals surface area contributed by atoms with Crippen LogP contribution in [0.15, 0.2) is 30.6 Å². The van der Waals surface area contributed by atoms with Crippen molar-refractivity contribution in [2.45, 2.75) is 57.4 Å². The summed E-state index contributed by atoms with van der Waals surface area (Å²) in [4.78, 5) is 49.7. The van der Waals surface area contributed by atoms with E-state index in [1.807, 2.05) is 0 Å². The van der Waals surface area contributed by atoms with Crippen molar-refractivity contribution in [2.24, 2.45) is 0 Å². The topological polar surface area (TPSA) is 190 Å². The Morgan fingerprint density at radius 1 is 1.19 bits per heavy atom. The monoisotopic (exact) mass is 608 g/mol. The molecule has 2 aromatic heterocycles. The first kappa shape index (κ1) is 31.0. The molecule has 226 valence electrons. The van der Waals surface area contributed by atoms with Gasteiger partial charge in [0.25, 0.3) is 0 Å². The number of aliphatic hydroxyl groups is 1. The number of anilines is 2. The Morgan fingerprint density at radius 2 is 1.88 bits per heavy atom. The molecule has 5 atom stereocenters. The predicted octanol–water partition coefficient (Wildman–Crippen LogP) is 2.38. The van der Waals surface area contributed by atoms with E-state index >= 15 is 4.39 Å². The summed E-state index contributed by atoms with van der Waals surface area (Å²) in [5, 5.41) is 13.0. The van der Waals surface area contributed by atoms with E-state index in [1.165, 1.54) is 10.9 Å². The van der Waals surface area contributed by atoms with Crippen LogP contribution in [0.2, 0.25) is 5.28 Å². The molecule has 3 heterocycles. The summed E-state index contributed by atoms with van der Waals surface area (Å²) in [5.74, 6) is -1.67. The number of nitrogens with zero attached hydrogens (tertiary/aromatic N) is 4. The molecule has 14 nitrogen and oxygen atoms in total. The molecule has 1 saturated heterocycles. The number of amides is 1. The van der Waals surface area contributed by atoms with Gasteiger partial charge in [-0.2, -0.15) is 9.97 Å². The van der Waals surface area contributed by atoms with Gasteiger partial charge in [0.15, 0.2) is 29.6 Å². The van der Waals surface area contributed by atoms with E-state index < -0.39 is 54.7 Å². The number of hydrogen-bond acceptors (Lipinski definition) is 12. The van der Waals surface area contributed by atoms with Crippen molar-refractivity contribution in [3.63, 3.8) is 0 Å². The van der Waals surface area contributed by atoms with Gasteiger partial charge < -0.3 is 29.8 Å². The fourth-order valence-electron chi connectivity index (χ4n) is 4.46. The predicted molar refractivity (Wildman–Crippen MR) is 146 cm³/mol. The second kappa shape index (κ2) is 12.9. The zero-order chi connectivity index (χ0) is 30.6. The third kappa shape index (κ3) is 6.28. The highest BCUT2D eigenvalue weighted by Crippen LogP contribution is 2.35. The second-order valence-electron chi connectivity index (χ2n) is 9.34. The molecule has 4 rings (SSSR count). The van der Waals surface area contributed by atoms with Gasteiger partial charge in [-0.25, -0.2) is 19.0 Å². The molecule has 1 unspecified atom stereocenters. The number of nitrogens with two attached hydrogens (primary N) is 1. The smallest absolute Gasteiger partial charge is 0.411 e. The van der Waals surface area contributed by atoms with Crippen LogP contribution in [0, 0.1) is 0 Å². The van der Waals surface area contributed by atoms with Gasteiger partial charge in [-0.3, -0.25) is 14.7 Å². The van der Waals surface area contributed by atoms with Crippen molar-refractivity contribution in [3.05, 3.63) is 41.4 Å². The number of ketones is 1. The van der Waals surface area contributed by atoms with Crippen LogP contribution in [0.4, 0.5) is 20.7 Å². The van der Waals surface area contributed by atoms with Gasteiger partial charge in [0.1, 0.15) is 17.7 Å². The summed E-state index contributed by atoms with van der Waals surface area (Å²) < 4.78 is 38.2. The number of halogens is 2. The zero-order valence-corrected chi connectivity index (χ0v) is 23.7. The Balaban J connectivity index is 1.55. The van der Waals surface area contributed by atoms with Gasteiger partial charge in [0, 0.05) is 12.1 Å². The second-order valence-corrected chi connectivity index (χ2v) is 9.67. The molecule has 0 aliphatic carbocycles. The number of fused-ring (bicyclic) bond motifs is 1. The van der Waals surface area contributed by atoms with E-state index in [4.69, 9.17) is 36.3 Å². The van der Waals surface area contributed by atoms with E-state index in [9.17, 15) is 19.5 Å². The minimum atomic E-state index is -2.14. The van der Waals surface area contributed by atoms with E-state index in [0.717, 1.165) is 6.92 Å². The fourth-order valence-corrected chi connectivity index (χ4v) is 4.64. The maximum absolute atomic E-state index is 15.3. The largest absolute Gasteiger partial charge is 0.463 e. The van der Waals surface area contributed by atoms with Gasteiger partial charge in [-0.05, 0) is 50.1 Å². The van der Waals surface area contributed by atoms with Crippen LogP contribution in [0.25, 0.3) is 11.2 Å². The van der Waals surface area contributed by atoms with Crippen LogP contribution in [-0.2, 0) is 35.0 Å². The van der Waals surface area contributed by atoms with Crippen LogP contribution in [0.1, 0.15) is 32.6 Å². The lowest BCUT2D eigenvalue weighted by molar-refractivity contribution is -0.183. The Morgan fingerprint density at radius 3 is 2.52 bits per heavy atom. The van der Waals surface area contributed by atoms with Crippen molar-refractivity contribution in [1.82, 2.24) is 19.5 Å². The van der Waals surface area contributed by atoms with Gasteiger partial charge in [0.2, 0.25) is 10.9 Å². The molecule has 42 heavy (non-hydrogen) atoms. The van der Waals surface area contributed by atoms with E-state index in [2.05, 4.69) is 20.3 Å². The molecule has 0 bridgehead atoms. The molecule has 3 aromatic rings. The SMILES string of the molecule is CCOC(=O)Nc1ccc(CC(OC[C@H]2O[C@@H](n3cnc4c(N)nc(Cl)nc43)[C@@H](F)[C@@H]2O)(C(C)=O)C(=O)OCC)cc1. The first-order valence-electron chi connectivity index (χ1n) is 13.0. The van der Waals surface area contributed by atoms with Crippen molar-refractivity contribution >= 4 is 52.1 Å². The third-order valence-electron chi connectivity index (χ3n) is 6.59. The average molecular weight is 609 g/mol. The Hall–Kier alpha value is -3.92. The lowest BCUT2D eigenvalue weighted by Gasteiger charge is -2.30. The Kier molecular flexibility index (Phi) is 9.56. The Bertz CT molecular complexity index is 1460. The van der Waals surface area contributed by atoms with Crippen molar-refractivity contribution < 1.29 is 42.8 Å². The minimum Gasteiger partial charge on any atom is -0.463 e. The molecule has 1 amide bonds. The number of nitrogens with one attached hydrogen (secondary N) is 1. The standard InChI is InChI=1S/C26H30ClFN6O8/c1-4-39-23(37)26(13(3)35,10-14-6-8-15(9-7-14)31-25(38)40-5-2)41-11-16-19(36)17(28)22(42-16)34-12-30-18-20(29)32-24(27)33-21(18)34/h6-9,12,16-17,19,22,36H,4-5,10-11H2,1-3H3,(H,31,38)(H2,29,32,33)/t16-,17+,19-,22-,26?/m1/s1. The molecule has 1 aliphatic heterocycles. The molecule has 4 N–H and O–H groups in total. The van der Waals surface area contributed by atoms with Gasteiger partial charge in [0.05, 0.1) is 26.1 Å². The highest BCUT2D eigenvalue weighted by molar-refractivity contribution is 6.28. The summed E-state index contributed by atoms with van der Waals surface area (Å²) in [6.45, 7) is 4.00. The Labute approximate surface area is 244 Å². The van der Waals surface area contributed by atoms with Gasteiger partial charge >= 0.3 is 12.1 Å². The van der Waals surface area contributed by atoms with E-state index in [1.54, 1.807) is 38.1 Å². The number of esters is 1. The number of ether oxygens (including phenoxy) is 4. The first-order valence-corrected chi connectivity index (χ1v) is 13.4. The van der Waals surface area contributed by atoms with Crippen LogP contribution in [-0.4, -0.2) is 86.3 Å². The number of aromatic nitrogens is 4. The zero-order valence-electron chi connectivity index (χ0n) is 23.0. The fraction of sp³-hybridized carbons (Fsp3) is 0.462. The number of rotatable bonds is 11. The summed E-state index contributed by atoms with van der Waals surface area (Å²) in [5.41, 5.74) is 4.83. The van der Waals surface area contributed by atoms with Crippen LogP contribution in [0.5, 0.6) is 0 Å². The summed E-state index contributed by atoms with van der Waals surface area (Å²) >= 11 is 5.90. The number of benzene rings is 1. The minimum absolute atomic E-state index is 0.0250. The van der Waals surface area contributed by atoms with Gasteiger partial charge in [-0.1, -0.05) is 12.1 Å². The number of hydrogen-bond donors (Lipinski definition) is 3. The highest BCUT2D eigenvalue weighted by Gasteiger charge is 2.51. The molecular weight excluding hydrogens is 579 g/mol. The summed E-state index contributed by atoms with van der Waals surface area (Å²) in [6.07, 6.45) is -6.06. The number of alkyl halides is 1. The van der Waals surface area contributed by atoms with E-state index in [-0.39, 0.29) is 41.9 Å². The van der Waals surface area contributed by atoms with Crippen molar-refractivity contribution in [2.75, 3.05) is 30.9 Å². The summed E-state index contributed by atoms with van der Waals surface area (Å²) in [6, 6.07) is 6.28. The van der Waals surface area contributed by atoms with Gasteiger partial charge in [-0.15, -0.1) is 0 Å².